The lowest BCUT2D eigenvalue weighted by atomic mass is 10.1. The second-order valence-electron chi connectivity index (χ2n) is 7.85. The van der Waals surface area contributed by atoms with Crippen molar-refractivity contribution in [2.24, 2.45) is 0 Å². The molecule has 0 aromatic heterocycles. The van der Waals surface area contributed by atoms with E-state index >= 15 is 0 Å². The largest absolute Gasteiger partial charge is 0.326 e. The average Bonchev–Trinajstić information content (AvgIpc) is 2.62. The summed E-state index contributed by atoms with van der Waals surface area (Å²) in [6.45, 7) is 6.79. The van der Waals surface area contributed by atoms with Crippen LogP contribution in [0.1, 0.15) is 44.6 Å². The first-order valence-corrected chi connectivity index (χ1v) is 9.94. The summed E-state index contributed by atoms with van der Waals surface area (Å²) < 4.78 is 0. The molecule has 0 spiro atoms. The monoisotopic (exact) mass is 374 g/mol. The van der Waals surface area contributed by atoms with Crippen molar-refractivity contribution in [3.05, 3.63) is 23.8 Å². The van der Waals surface area contributed by atoms with Crippen molar-refractivity contribution in [1.82, 2.24) is 9.80 Å². The Hall–Kier alpha value is -1.92. The number of anilines is 2. The number of carbonyl (C=O) groups excluding carboxylic acids is 2. The van der Waals surface area contributed by atoms with Crippen LogP contribution in [0.3, 0.4) is 0 Å². The Morgan fingerprint density at radius 1 is 1.11 bits per heavy atom. The first kappa shape index (κ1) is 21.4. The van der Waals surface area contributed by atoms with E-state index in [0.717, 1.165) is 30.8 Å². The van der Waals surface area contributed by atoms with Crippen LogP contribution in [-0.2, 0) is 9.59 Å². The molecule has 2 rings (SSSR count). The van der Waals surface area contributed by atoms with E-state index in [1.807, 2.05) is 44.1 Å². The van der Waals surface area contributed by atoms with Crippen LogP contribution < -0.4 is 10.6 Å². The Morgan fingerprint density at radius 2 is 1.81 bits per heavy atom. The van der Waals surface area contributed by atoms with E-state index in [1.165, 1.54) is 19.3 Å². The molecule has 2 amide bonds. The molecule has 27 heavy (non-hydrogen) atoms. The molecule has 0 radical (unpaired) electrons. The maximum Gasteiger partial charge on any atom is 0.238 e. The quantitative estimate of drug-likeness (QED) is 0.734. The number of nitrogens with one attached hydrogen (secondary N) is 2. The van der Waals surface area contributed by atoms with Gasteiger partial charge in [0.15, 0.2) is 0 Å². The molecular formula is C21H34N4O2. The van der Waals surface area contributed by atoms with Gasteiger partial charge in [-0.15, -0.1) is 0 Å². The van der Waals surface area contributed by atoms with Crippen molar-refractivity contribution in [3.8, 4) is 0 Å². The molecule has 2 N–H and O–H groups in total. The molecule has 150 valence electrons. The number of hydrogen-bond donors (Lipinski definition) is 2. The van der Waals surface area contributed by atoms with Gasteiger partial charge in [-0.2, -0.15) is 0 Å². The van der Waals surface area contributed by atoms with Crippen LogP contribution in [0.4, 0.5) is 11.4 Å². The molecule has 6 heteroatoms. The van der Waals surface area contributed by atoms with Gasteiger partial charge >= 0.3 is 0 Å². The summed E-state index contributed by atoms with van der Waals surface area (Å²) in [6.07, 6.45) is 5.23. The highest BCUT2D eigenvalue weighted by atomic mass is 16.2. The zero-order chi connectivity index (χ0) is 19.8. The third-order valence-electron chi connectivity index (χ3n) is 5.06. The van der Waals surface area contributed by atoms with Gasteiger partial charge in [-0.1, -0.05) is 12.5 Å². The van der Waals surface area contributed by atoms with E-state index in [1.54, 1.807) is 0 Å². The van der Waals surface area contributed by atoms with Gasteiger partial charge in [-0.05, 0) is 78.0 Å². The molecular weight excluding hydrogens is 340 g/mol. The van der Waals surface area contributed by atoms with Crippen LogP contribution in [0, 0.1) is 6.92 Å². The zero-order valence-corrected chi connectivity index (χ0v) is 17.2. The molecule has 0 aliphatic carbocycles. The van der Waals surface area contributed by atoms with Gasteiger partial charge in [-0.3, -0.25) is 9.59 Å². The highest BCUT2D eigenvalue weighted by Gasteiger charge is 2.17. The predicted molar refractivity (Wildman–Crippen MR) is 111 cm³/mol. The molecule has 1 aliphatic heterocycles. The van der Waals surface area contributed by atoms with Crippen molar-refractivity contribution < 1.29 is 9.59 Å². The van der Waals surface area contributed by atoms with Crippen molar-refractivity contribution in [3.63, 3.8) is 0 Å². The van der Waals surface area contributed by atoms with Crippen molar-refractivity contribution >= 4 is 23.2 Å². The molecule has 1 aromatic rings. The molecule has 6 nitrogen and oxygen atoms in total. The number of benzene rings is 1. The highest BCUT2D eigenvalue weighted by Crippen LogP contribution is 2.21. The molecule has 0 saturated carbocycles. The fourth-order valence-electron chi connectivity index (χ4n) is 3.42. The van der Waals surface area contributed by atoms with Gasteiger partial charge in [0.25, 0.3) is 0 Å². The summed E-state index contributed by atoms with van der Waals surface area (Å²) in [5, 5.41) is 5.87. The van der Waals surface area contributed by atoms with Crippen LogP contribution in [0.25, 0.3) is 0 Å². The standard InChI is InChI=1S/C21H34N4O2/c1-16-8-10-18(22-21(27)15-24(3)4)14-19(16)23-20(26)11-9-17(2)25-12-6-5-7-13-25/h8,10,14,17H,5-7,9,11-13,15H2,1-4H3,(H,22,27)(H,23,26). The molecule has 1 atom stereocenters. The van der Waals surface area contributed by atoms with E-state index in [0.29, 0.717) is 24.7 Å². The van der Waals surface area contributed by atoms with Crippen molar-refractivity contribution in [1.29, 1.82) is 0 Å². The van der Waals surface area contributed by atoms with Crippen LogP contribution in [0.15, 0.2) is 18.2 Å². The number of amides is 2. The van der Waals surface area contributed by atoms with Crippen molar-refractivity contribution in [2.75, 3.05) is 44.4 Å². The minimum absolute atomic E-state index is 0.0266. The van der Waals surface area contributed by atoms with Gasteiger partial charge < -0.3 is 20.4 Å². The first-order chi connectivity index (χ1) is 12.8. The zero-order valence-electron chi connectivity index (χ0n) is 17.2. The Labute approximate surface area is 163 Å². The normalized spacial score (nSPS) is 16.2. The van der Waals surface area contributed by atoms with E-state index in [-0.39, 0.29) is 11.8 Å². The minimum atomic E-state index is -0.0727. The third-order valence-corrected chi connectivity index (χ3v) is 5.06. The Balaban J connectivity index is 1.86. The Bertz CT molecular complexity index is 639. The number of likely N-dealkylation sites (tertiary alicyclic amines) is 1. The summed E-state index contributed by atoms with van der Waals surface area (Å²) in [6, 6.07) is 6.04. The first-order valence-electron chi connectivity index (χ1n) is 9.94. The third kappa shape index (κ3) is 7.31. The maximum absolute atomic E-state index is 12.4. The molecule has 1 fully saturated rings. The molecule has 1 heterocycles. The fraction of sp³-hybridized carbons (Fsp3) is 0.619. The highest BCUT2D eigenvalue weighted by molar-refractivity contribution is 5.95. The average molecular weight is 375 g/mol. The summed E-state index contributed by atoms with van der Waals surface area (Å²) in [5.74, 6) is -0.0461. The summed E-state index contributed by atoms with van der Waals surface area (Å²) in [7, 11) is 3.70. The van der Waals surface area contributed by atoms with E-state index in [9.17, 15) is 9.59 Å². The molecule has 1 aliphatic rings. The molecule has 1 aromatic carbocycles. The SMILES string of the molecule is Cc1ccc(NC(=O)CN(C)C)cc1NC(=O)CCC(C)N1CCCCC1. The second kappa shape index (κ2) is 10.4. The lowest BCUT2D eigenvalue weighted by Crippen LogP contribution is -2.37. The molecule has 1 saturated heterocycles. The van der Waals surface area contributed by atoms with E-state index < -0.39 is 0 Å². The number of likely N-dealkylation sites (N-methyl/N-ethyl adjacent to an activating group) is 1. The van der Waals surface area contributed by atoms with Gasteiger partial charge in [-0.25, -0.2) is 0 Å². The Morgan fingerprint density at radius 3 is 2.48 bits per heavy atom. The maximum atomic E-state index is 12.4. The van der Waals surface area contributed by atoms with Gasteiger partial charge in [0, 0.05) is 23.8 Å². The molecule has 1 unspecified atom stereocenters. The van der Waals surface area contributed by atoms with Gasteiger partial charge in [0.05, 0.1) is 6.54 Å². The van der Waals surface area contributed by atoms with Crippen LogP contribution in [0.5, 0.6) is 0 Å². The van der Waals surface area contributed by atoms with Crippen LogP contribution in [0.2, 0.25) is 0 Å². The fourth-order valence-corrected chi connectivity index (χ4v) is 3.42. The van der Waals surface area contributed by atoms with Crippen molar-refractivity contribution in [2.45, 2.75) is 52.0 Å². The summed E-state index contributed by atoms with van der Waals surface area (Å²) in [5.41, 5.74) is 2.44. The van der Waals surface area contributed by atoms with Crippen LogP contribution in [-0.4, -0.2) is 61.4 Å². The van der Waals surface area contributed by atoms with Crippen LogP contribution >= 0.6 is 0 Å². The number of aryl methyl sites for hydroxylation is 1. The number of carbonyl (C=O) groups is 2. The van der Waals surface area contributed by atoms with Gasteiger partial charge in [0.2, 0.25) is 11.8 Å². The number of nitrogens with zero attached hydrogens (tertiary/aromatic N) is 2. The van der Waals surface area contributed by atoms with E-state index in [2.05, 4.69) is 22.5 Å². The second-order valence-corrected chi connectivity index (χ2v) is 7.85. The van der Waals surface area contributed by atoms with E-state index in [4.69, 9.17) is 0 Å². The number of piperidine rings is 1. The Kier molecular flexibility index (Phi) is 8.25. The predicted octanol–water partition coefficient (Wildman–Crippen LogP) is 3.09. The summed E-state index contributed by atoms with van der Waals surface area (Å²) >= 11 is 0. The number of hydrogen-bond acceptors (Lipinski definition) is 4. The topological polar surface area (TPSA) is 64.7 Å². The lowest BCUT2D eigenvalue weighted by molar-refractivity contribution is -0.117. The smallest absolute Gasteiger partial charge is 0.238 e. The minimum Gasteiger partial charge on any atom is -0.326 e. The molecule has 0 bridgehead atoms. The lowest BCUT2D eigenvalue weighted by Gasteiger charge is -2.32. The van der Waals surface area contributed by atoms with Gasteiger partial charge in [0.1, 0.15) is 0 Å². The summed E-state index contributed by atoms with van der Waals surface area (Å²) in [4.78, 5) is 28.6. The number of rotatable bonds is 8.